The summed E-state index contributed by atoms with van der Waals surface area (Å²) in [6.45, 7) is 2.62. The van der Waals surface area contributed by atoms with Crippen LogP contribution in [0.2, 0.25) is 0 Å². The summed E-state index contributed by atoms with van der Waals surface area (Å²) in [5.41, 5.74) is 5.14. The molecule has 3 aromatic carbocycles. The van der Waals surface area contributed by atoms with E-state index in [1.165, 1.54) is 23.7 Å². The number of hydrogen-bond acceptors (Lipinski definition) is 6. The van der Waals surface area contributed by atoms with E-state index in [0.717, 1.165) is 28.3 Å². The molecule has 0 spiro atoms. The zero-order valence-corrected chi connectivity index (χ0v) is 19.3. The number of aryl methyl sites for hydroxylation is 1. The standard InChI is InChI=1S/C25H22N6O2S/c1-17-14-19(10-11-21(17)31-16-26-28-29-31)27-25(33)20-7-3-5-9-23(20)34-15-24(32)30-13-12-18-6-2-4-8-22(18)30/h2-11,14,16H,12-13,15H2,1H3,(H,27,33). The fraction of sp³-hybridized carbons (Fsp3) is 0.160. The first-order chi connectivity index (χ1) is 16.6. The van der Waals surface area contributed by atoms with Gasteiger partial charge in [-0.2, -0.15) is 0 Å². The number of benzene rings is 3. The third kappa shape index (κ3) is 4.42. The van der Waals surface area contributed by atoms with Crippen LogP contribution in [0.25, 0.3) is 5.69 Å². The molecule has 2 heterocycles. The van der Waals surface area contributed by atoms with Crippen molar-refractivity contribution in [2.75, 3.05) is 22.5 Å². The van der Waals surface area contributed by atoms with Crippen LogP contribution < -0.4 is 10.2 Å². The molecule has 8 nitrogen and oxygen atoms in total. The zero-order valence-electron chi connectivity index (χ0n) is 18.5. The van der Waals surface area contributed by atoms with Gasteiger partial charge in [0.1, 0.15) is 6.33 Å². The van der Waals surface area contributed by atoms with E-state index in [9.17, 15) is 9.59 Å². The highest BCUT2D eigenvalue weighted by Crippen LogP contribution is 2.30. The summed E-state index contributed by atoms with van der Waals surface area (Å²) in [5, 5.41) is 14.2. The molecular weight excluding hydrogens is 448 g/mol. The Morgan fingerprint density at radius 3 is 2.68 bits per heavy atom. The van der Waals surface area contributed by atoms with Gasteiger partial charge in [0.05, 0.1) is 17.0 Å². The monoisotopic (exact) mass is 470 g/mol. The molecule has 1 N–H and O–H groups in total. The van der Waals surface area contributed by atoms with Gasteiger partial charge in [-0.15, -0.1) is 16.9 Å². The molecule has 0 saturated carbocycles. The van der Waals surface area contributed by atoms with E-state index in [2.05, 4.69) is 26.9 Å². The van der Waals surface area contributed by atoms with Gasteiger partial charge in [0.25, 0.3) is 5.91 Å². The van der Waals surface area contributed by atoms with Crippen molar-refractivity contribution in [2.24, 2.45) is 0 Å². The second-order valence-electron chi connectivity index (χ2n) is 7.92. The number of amides is 2. The molecule has 0 saturated heterocycles. The van der Waals surface area contributed by atoms with E-state index in [-0.39, 0.29) is 17.6 Å². The van der Waals surface area contributed by atoms with Gasteiger partial charge in [-0.05, 0) is 71.3 Å². The predicted octanol–water partition coefficient (Wildman–Crippen LogP) is 3.90. The number of thioether (sulfide) groups is 1. The number of rotatable bonds is 6. The van der Waals surface area contributed by atoms with Crippen molar-refractivity contribution < 1.29 is 9.59 Å². The number of hydrogen-bond donors (Lipinski definition) is 1. The van der Waals surface area contributed by atoms with Crippen LogP contribution in [-0.2, 0) is 11.2 Å². The molecule has 2 amide bonds. The molecule has 5 rings (SSSR count). The second kappa shape index (κ2) is 9.48. The molecule has 0 fully saturated rings. The number of carbonyl (C=O) groups is 2. The van der Waals surface area contributed by atoms with E-state index >= 15 is 0 Å². The van der Waals surface area contributed by atoms with Crippen molar-refractivity contribution in [3.63, 3.8) is 0 Å². The van der Waals surface area contributed by atoms with Crippen LogP contribution in [0.3, 0.4) is 0 Å². The van der Waals surface area contributed by atoms with Gasteiger partial charge in [-0.1, -0.05) is 30.3 Å². The molecule has 34 heavy (non-hydrogen) atoms. The summed E-state index contributed by atoms with van der Waals surface area (Å²) in [6, 6.07) is 20.9. The summed E-state index contributed by atoms with van der Waals surface area (Å²) < 4.78 is 1.57. The van der Waals surface area contributed by atoms with Gasteiger partial charge in [0.2, 0.25) is 5.91 Å². The summed E-state index contributed by atoms with van der Waals surface area (Å²) >= 11 is 1.38. The molecular formula is C25H22N6O2S. The Hall–Kier alpha value is -3.98. The Labute approximate surface area is 201 Å². The first-order valence-corrected chi connectivity index (χ1v) is 11.8. The number of para-hydroxylation sites is 1. The van der Waals surface area contributed by atoms with Crippen molar-refractivity contribution >= 4 is 35.0 Å². The van der Waals surface area contributed by atoms with Crippen molar-refractivity contribution in [1.82, 2.24) is 20.2 Å². The van der Waals surface area contributed by atoms with Crippen molar-refractivity contribution in [2.45, 2.75) is 18.2 Å². The van der Waals surface area contributed by atoms with Crippen LogP contribution in [0.4, 0.5) is 11.4 Å². The number of carbonyl (C=O) groups excluding carboxylic acids is 2. The molecule has 9 heteroatoms. The predicted molar refractivity (Wildman–Crippen MR) is 132 cm³/mol. The molecule has 1 aliphatic heterocycles. The Balaban J connectivity index is 1.27. The third-order valence-corrected chi connectivity index (χ3v) is 6.78. The van der Waals surface area contributed by atoms with E-state index in [1.54, 1.807) is 10.7 Å². The SMILES string of the molecule is Cc1cc(NC(=O)c2ccccc2SCC(=O)N2CCc3ccccc32)ccc1-n1cnnn1. The summed E-state index contributed by atoms with van der Waals surface area (Å²) in [5.74, 6) is 0.0777. The van der Waals surface area contributed by atoms with Crippen molar-refractivity contribution in [1.29, 1.82) is 0 Å². The molecule has 1 aromatic heterocycles. The van der Waals surface area contributed by atoms with Gasteiger partial charge >= 0.3 is 0 Å². The molecule has 4 aromatic rings. The first kappa shape index (κ1) is 21.8. The average Bonchev–Trinajstić information content (AvgIpc) is 3.53. The highest BCUT2D eigenvalue weighted by Gasteiger charge is 2.24. The third-order valence-electron chi connectivity index (χ3n) is 5.72. The minimum Gasteiger partial charge on any atom is -0.322 e. The average molecular weight is 471 g/mol. The Kier molecular flexibility index (Phi) is 6.09. The fourth-order valence-corrected chi connectivity index (χ4v) is 4.98. The maximum Gasteiger partial charge on any atom is 0.256 e. The topological polar surface area (TPSA) is 93.0 Å². The Morgan fingerprint density at radius 2 is 1.85 bits per heavy atom. The number of anilines is 2. The first-order valence-electron chi connectivity index (χ1n) is 10.9. The second-order valence-corrected chi connectivity index (χ2v) is 8.94. The normalized spacial score (nSPS) is 12.4. The van der Waals surface area contributed by atoms with E-state index in [0.29, 0.717) is 17.8 Å². The van der Waals surface area contributed by atoms with Gasteiger partial charge in [0, 0.05) is 22.8 Å². The van der Waals surface area contributed by atoms with Crippen molar-refractivity contribution in [3.8, 4) is 5.69 Å². The minimum atomic E-state index is -0.225. The summed E-state index contributed by atoms with van der Waals surface area (Å²) in [7, 11) is 0. The summed E-state index contributed by atoms with van der Waals surface area (Å²) in [4.78, 5) is 28.6. The van der Waals surface area contributed by atoms with Crippen LogP contribution in [0, 0.1) is 6.92 Å². The maximum absolute atomic E-state index is 13.1. The highest BCUT2D eigenvalue weighted by molar-refractivity contribution is 8.00. The van der Waals surface area contributed by atoms with E-state index < -0.39 is 0 Å². The number of tetrazole rings is 1. The zero-order chi connectivity index (χ0) is 23.5. The van der Waals surface area contributed by atoms with Crippen LogP contribution in [0.1, 0.15) is 21.5 Å². The van der Waals surface area contributed by atoms with Gasteiger partial charge in [0.15, 0.2) is 0 Å². The van der Waals surface area contributed by atoms with Crippen LogP contribution >= 0.6 is 11.8 Å². The molecule has 170 valence electrons. The fourth-order valence-electron chi connectivity index (χ4n) is 4.06. The molecule has 0 aliphatic carbocycles. The molecule has 0 unspecified atom stereocenters. The van der Waals surface area contributed by atoms with Crippen LogP contribution in [0.5, 0.6) is 0 Å². The van der Waals surface area contributed by atoms with Gasteiger partial charge in [-0.25, -0.2) is 4.68 Å². The van der Waals surface area contributed by atoms with Crippen molar-refractivity contribution in [3.05, 3.63) is 89.7 Å². The number of nitrogens with zero attached hydrogens (tertiary/aromatic N) is 5. The highest BCUT2D eigenvalue weighted by atomic mass is 32.2. The van der Waals surface area contributed by atoms with Gasteiger partial charge < -0.3 is 10.2 Å². The summed E-state index contributed by atoms with van der Waals surface area (Å²) in [6.07, 6.45) is 2.40. The van der Waals surface area contributed by atoms with Crippen LogP contribution in [0.15, 0.2) is 78.0 Å². The lowest BCUT2D eigenvalue weighted by Gasteiger charge is -2.17. The lowest BCUT2D eigenvalue weighted by atomic mass is 10.1. The lowest BCUT2D eigenvalue weighted by molar-refractivity contribution is -0.116. The Bertz CT molecular complexity index is 1360. The lowest BCUT2D eigenvalue weighted by Crippen LogP contribution is -2.30. The smallest absolute Gasteiger partial charge is 0.256 e. The minimum absolute atomic E-state index is 0.0407. The molecule has 0 atom stereocenters. The van der Waals surface area contributed by atoms with E-state index in [1.807, 2.05) is 66.4 Å². The number of nitrogens with one attached hydrogen (secondary N) is 1. The molecule has 1 aliphatic rings. The van der Waals surface area contributed by atoms with Crippen LogP contribution in [-0.4, -0.2) is 44.3 Å². The number of fused-ring (bicyclic) bond motifs is 1. The van der Waals surface area contributed by atoms with Gasteiger partial charge in [-0.3, -0.25) is 9.59 Å². The maximum atomic E-state index is 13.1. The van der Waals surface area contributed by atoms with E-state index in [4.69, 9.17) is 0 Å². The largest absolute Gasteiger partial charge is 0.322 e. The quantitative estimate of drug-likeness (QED) is 0.430. The number of aromatic nitrogens is 4. The molecule has 0 bridgehead atoms. The Morgan fingerprint density at radius 1 is 1.03 bits per heavy atom. The molecule has 0 radical (unpaired) electrons.